The normalized spacial score (nSPS) is 11.2. The summed E-state index contributed by atoms with van der Waals surface area (Å²) in [6.45, 7) is 6.39. The molecule has 140 valence electrons. The van der Waals surface area contributed by atoms with Crippen LogP contribution in [0.2, 0.25) is 0 Å². The first-order chi connectivity index (χ1) is 12.7. The minimum Gasteiger partial charge on any atom is -0.493 e. The monoisotopic (exact) mass is 355 g/mol. The van der Waals surface area contributed by atoms with Gasteiger partial charge in [-0.2, -0.15) is 0 Å². The standard InChI is InChI=1S/C21H29N3O2/c1-5-22-21(23-13-12-17-8-6-16(2)7-9-17)24-15-18-10-11-19(25-3)20(14-18)26-4/h6-11,14H,5,12-13,15H2,1-4H3,(H2,22,23,24). The first-order valence-electron chi connectivity index (χ1n) is 8.95. The molecule has 0 unspecified atom stereocenters. The van der Waals surface area contributed by atoms with Crippen LogP contribution >= 0.6 is 0 Å². The van der Waals surface area contributed by atoms with Crippen molar-refractivity contribution < 1.29 is 9.47 Å². The Hall–Kier alpha value is -2.69. The second-order valence-corrected chi connectivity index (χ2v) is 6.05. The van der Waals surface area contributed by atoms with Crippen molar-refractivity contribution >= 4 is 5.96 Å². The molecular weight excluding hydrogens is 326 g/mol. The first-order valence-corrected chi connectivity index (χ1v) is 8.95. The minimum atomic E-state index is 0.570. The highest BCUT2D eigenvalue weighted by Gasteiger charge is 2.05. The topological polar surface area (TPSA) is 54.9 Å². The highest BCUT2D eigenvalue weighted by atomic mass is 16.5. The van der Waals surface area contributed by atoms with Gasteiger partial charge in [0.2, 0.25) is 0 Å². The van der Waals surface area contributed by atoms with Gasteiger partial charge >= 0.3 is 0 Å². The van der Waals surface area contributed by atoms with Crippen LogP contribution in [0.4, 0.5) is 0 Å². The first kappa shape index (κ1) is 19.6. The SMILES string of the molecule is CCNC(=NCc1ccc(OC)c(OC)c1)NCCc1ccc(C)cc1. The summed E-state index contributed by atoms with van der Waals surface area (Å²) in [6.07, 6.45) is 0.959. The molecule has 0 aliphatic heterocycles. The van der Waals surface area contributed by atoms with E-state index in [1.54, 1.807) is 14.2 Å². The van der Waals surface area contributed by atoms with Crippen LogP contribution in [-0.4, -0.2) is 33.3 Å². The molecule has 0 saturated carbocycles. The van der Waals surface area contributed by atoms with Crippen LogP contribution < -0.4 is 20.1 Å². The van der Waals surface area contributed by atoms with Crippen LogP contribution in [0.5, 0.6) is 11.5 Å². The zero-order chi connectivity index (χ0) is 18.8. The molecule has 0 aliphatic rings. The minimum absolute atomic E-state index is 0.570. The molecular formula is C21H29N3O2. The summed E-state index contributed by atoms with van der Waals surface area (Å²) in [5.74, 6) is 2.26. The summed E-state index contributed by atoms with van der Waals surface area (Å²) in [7, 11) is 3.28. The fourth-order valence-corrected chi connectivity index (χ4v) is 2.57. The maximum Gasteiger partial charge on any atom is 0.191 e. The van der Waals surface area contributed by atoms with Gasteiger partial charge in [-0.15, -0.1) is 0 Å². The van der Waals surface area contributed by atoms with E-state index in [0.29, 0.717) is 6.54 Å². The molecule has 2 aromatic carbocycles. The van der Waals surface area contributed by atoms with Crippen molar-refractivity contribution in [2.75, 3.05) is 27.3 Å². The molecule has 0 aromatic heterocycles. The number of hydrogen-bond acceptors (Lipinski definition) is 3. The number of hydrogen-bond donors (Lipinski definition) is 2. The fourth-order valence-electron chi connectivity index (χ4n) is 2.57. The van der Waals surface area contributed by atoms with Crippen LogP contribution in [0.15, 0.2) is 47.5 Å². The number of aryl methyl sites for hydroxylation is 1. The van der Waals surface area contributed by atoms with E-state index in [1.807, 2.05) is 18.2 Å². The number of aliphatic imine (C=N–C) groups is 1. The number of benzene rings is 2. The van der Waals surface area contributed by atoms with E-state index in [-0.39, 0.29) is 0 Å². The predicted octanol–water partition coefficient (Wildman–Crippen LogP) is 3.31. The average molecular weight is 355 g/mol. The van der Waals surface area contributed by atoms with Crippen LogP contribution in [0.3, 0.4) is 0 Å². The largest absolute Gasteiger partial charge is 0.493 e. The molecule has 5 heteroatoms. The summed E-state index contributed by atoms with van der Waals surface area (Å²) < 4.78 is 10.6. The second-order valence-electron chi connectivity index (χ2n) is 6.05. The quantitative estimate of drug-likeness (QED) is 0.563. The van der Waals surface area contributed by atoms with E-state index in [1.165, 1.54) is 11.1 Å². The molecule has 0 saturated heterocycles. The van der Waals surface area contributed by atoms with E-state index in [2.05, 4.69) is 53.7 Å². The molecule has 0 fully saturated rings. The van der Waals surface area contributed by atoms with Gasteiger partial charge in [-0.25, -0.2) is 4.99 Å². The molecule has 0 radical (unpaired) electrons. The smallest absolute Gasteiger partial charge is 0.191 e. The van der Waals surface area contributed by atoms with Crippen molar-refractivity contribution in [3.05, 3.63) is 59.2 Å². The molecule has 0 spiro atoms. The zero-order valence-corrected chi connectivity index (χ0v) is 16.1. The maximum atomic E-state index is 5.35. The molecule has 0 atom stereocenters. The Balaban J connectivity index is 1.94. The molecule has 2 aromatic rings. The highest BCUT2D eigenvalue weighted by Crippen LogP contribution is 2.27. The number of nitrogens with one attached hydrogen (secondary N) is 2. The summed E-state index contributed by atoms with van der Waals surface area (Å²) in [6, 6.07) is 14.5. The Morgan fingerprint density at radius 1 is 0.923 bits per heavy atom. The molecule has 2 rings (SSSR count). The van der Waals surface area contributed by atoms with Gasteiger partial charge in [0.1, 0.15) is 0 Å². The summed E-state index contributed by atoms with van der Waals surface area (Å²) >= 11 is 0. The number of ether oxygens (including phenoxy) is 2. The molecule has 0 aliphatic carbocycles. The molecule has 0 bridgehead atoms. The Kier molecular flexibility index (Phi) is 7.80. The van der Waals surface area contributed by atoms with Gasteiger partial charge < -0.3 is 20.1 Å². The fraction of sp³-hybridized carbons (Fsp3) is 0.381. The van der Waals surface area contributed by atoms with E-state index in [4.69, 9.17) is 9.47 Å². The average Bonchev–Trinajstić information content (AvgIpc) is 2.67. The van der Waals surface area contributed by atoms with Crippen LogP contribution in [0.25, 0.3) is 0 Å². The molecule has 5 nitrogen and oxygen atoms in total. The van der Waals surface area contributed by atoms with E-state index >= 15 is 0 Å². The maximum absolute atomic E-state index is 5.35. The van der Waals surface area contributed by atoms with Crippen molar-refractivity contribution in [2.24, 2.45) is 4.99 Å². The van der Waals surface area contributed by atoms with Gasteiger partial charge in [0.25, 0.3) is 0 Å². The number of rotatable bonds is 8. The predicted molar refractivity (Wildman–Crippen MR) is 107 cm³/mol. The molecule has 0 heterocycles. The lowest BCUT2D eigenvalue weighted by Crippen LogP contribution is -2.38. The van der Waals surface area contributed by atoms with Gasteiger partial charge in [0.15, 0.2) is 17.5 Å². The second kappa shape index (κ2) is 10.3. The van der Waals surface area contributed by atoms with Crippen molar-refractivity contribution in [3.63, 3.8) is 0 Å². The van der Waals surface area contributed by atoms with Crippen LogP contribution in [0, 0.1) is 6.92 Å². The van der Waals surface area contributed by atoms with Crippen molar-refractivity contribution in [1.82, 2.24) is 10.6 Å². The molecule has 2 N–H and O–H groups in total. The van der Waals surface area contributed by atoms with Crippen LogP contribution in [0.1, 0.15) is 23.6 Å². The number of methoxy groups -OCH3 is 2. The van der Waals surface area contributed by atoms with E-state index in [9.17, 15) is 0 Å². The third-order valence-corrected chi connectivity index (χ3v) is 4.04. The molecule has 0 amide bonds. The third kappa shape index (κ3) is 5.99. The Morgan fingerprint density at radius 2 is 1.62 bits per heavy atom. The summed E-state index contributed by atoms with van der Waals surface area (Å²) in [5, 5.41) is 6.67. The van der Waals surface area contributed by atoms with Crippen molar-refractivity contribution in [3.8, 4) is 11.5 Å². The van der Waals surface area contributed by atoms with E-state index < -0.39 is 0 Å². The lowest BCUT2D eigenvalue weighted by Gasteiger charge is -2.12. The number of guanidine groups is 1. The Bertz CT molecular complexity index is 712. The van der Waals surface area contributed by atoms with Crippen molar-refractivity contribution in [1.29, 1.82) is 0 Å². The van der Waals surface area contributed by atoms with Crippen LogP contribution in [-0.2, 0) is 13.0 Å². The zero-order valence-electron chi connectivity index (χ0n) is 16.1. The lowest BCUT2D eigenvalue weighted by molar-refractivity contribution is 0.354. The Labute approximate surface area is 156 Å². The van der Waals surface area contributed by atoms with Gasteiger partial charge in [0.05, 0.1) is 20.8 Å². The Morgan fingerprint density at radius 3 is 2.27 bits per heavy atom. The van der Waals surface area contributed by atoms with Gasteiger partial charge in [-0.3, -0.25) is 0 Å². The van der Waals surface area contributed by atoms with Gasteiger partial charge in [-0.1, -0.05) is 35.9 Å². The van der Waals surface area contributed by atoms with Crippen molar-refractivity contribution in [2.45, 2.75) is 26.8 Å². The summed E-state index contributed by atoms with van der Waals surface area (Å²) in [5.41, 5.74) is 3.67. The lowest BCUT2D eigenvalue weighted by atomic mass is 10.1. The third-order valence-electron chi connectivity index (χ3n) is 4.04. The summed E-state index contributed by atoms with van der Waals surface area (Å²) in [4.78, 5) is 4.66. The van der Waals surface area contributed by atoms with E-state index in [0.717, 1.165) is 42.5 Å². The number of nitrogens with zero attached hydrogens (tertiary/aromatic N) is 1. The van der Waals surface area contributed by atoms with Gasteiger partial charge in [0, 0.05) is 13.1 Å². The van der Waals surface area contributed by atoms with Gasteiger partial charge in [-0.05, 0) is 43.5 Å². The molecule has 26 heavy (non-hydrogen) atoms. The highest BCUT2D eigenvalue weighted by molar-refractivity contribution is 5.79.